The number of fused-ring (bicyclic) bond motifs is 1. The van der Waals surface area contributed by atoms with Crippen LogP contribution in [0.25, 0.3) is 0 Å². The van der Waals surface area contributed by atoms with Crippen molar-refractivity contribution in [2.45, 2.75) is 70.9 Å². The number of hydrogen-bond acceptors (Lipinski definition) is 5. The molecule has 0 radical (unpaired) electrons. The summed E-state index contributed by atoms with van der Waals surface area (Å²) in [5, 5.41) is 3.39. The molecule has 1 fully saturated rings. The first kappa shape index (κ1) is 23.6. The van der Waals surface area contributed by atoms with Crippen molar-refractivity contribution < 1.29 is 14.2 Å². The van der Waals surface area contributed by atoms with Gasteiger partial charge in [0.15, 0.2) is 24.7 Å². The van der Waals surface area contributed by atoms with E-state index < -0.39 is 0 Å². The fourth-order valence-corrected chi connectivity index (χ4v) is 5.11. The third-order valence-electron chi connectivity index (χ3n) is 7.11. The number of nitrogens with zero attached hydrogens (tertiary/aromatic N) is 3. The van der Waals surface area contributed by atoms with Crippen LogP contribution < -0.4 is 9.88 Å². The Balaban J connectivity index is 1.18. The van der Waals surface area contributed by atoms with Crippen molar-refractivity contribution in [3.8, 4) is 0 Å². The average molecular weight is 450 g/mol. The number of rotatable bonds is 10. The first-order valence-electron chi connectivity index (χ1n) is 12.5. The zero-order chi connectivity index (χ0) is 23.0. The minimum atomic E-state index is -0.118. The van der Waals surface area contributed by atoms with E-state index in [1.165, 1.54) is 12.0 Å². The van der Waals surface area contributed by atoms with Gasteiger partial charge in [0.2, 0.25) is 0 Å². The molecule has 6 heteroatoms. The molecule has 176 valence electrons. The molecule has 1 unspecified atom stereocenters. The van der Waals surface area contributed by atoms with E-state index in [2.05, 4.69) is 26.9 Å². The van der Waals surface area contributed by atoms with E-state index in [1.807, 2.05) is 30.6 Å². The average Bonchev–Trinajstić information content (AvgIpc) is 2.85. The number of anilines is 1. The van der Waals surface area contributed by atoms with Gasteiger partial charge in [0.25, 0.3) is 0 Å². The number of Topliss-reactive ketones (excluding diaryl/α,β-unsaturated/α-hetero) is 2. The highest BCUT2D eigenvalue weighted by molar-refractivity contribution is 5.82. The number of ketones is 2. The lowest BCUT2D eigenvalue weighted by Gasteiger charge is -2.34. The van der Waals surface area contributed by atoms with Crippen molar-refractivity contribution in [2.75, 3.05) is 25.0 Å². The lowest BCUT2D eigenvalue weighted by atomic mass is 9.89. The fraction of sp³-hybridized carbons (Fsp3) is 0.556. The highest BCUT2D eigenvalue weighted by Gasteiger charge is 2.32. The second-order valence-electron chi connectivity index (χ2n) is 9.52. The van der Waals surface area contributed by atoms with Crippen LogP contribution in [0.15, 0.2) is 42.7 Å². The molecule has 0 aliphatic carbocycles. The van der Waals surface area contributed by atoms with Gasteiger partial charge in [-0.1, -0.05) is 12.1 Å². The molecule has 2 aromatic rings. The molecule has 1 saturated heterocycles. The zero-order valence-electron chi connectivity index (χ0n) is 19.8. The summed E-state index contributed by atoms with van der Waals surface area (Å²) in [4.78, 5) is 32.1. The first-order chi connectivity index (χ1) is 16.1. The van der Waals surface area contributed by atoms with Gasteiger partial charge in [0.05, 0.1) is 0 Å². The standard InChI is InChI=1S/C27H37N4O2/c1-21(32)25(20-30-16-5-2-6-17-30)31-18-13-22(14-19-31)26(33)10-4-3-9-24-12-11-23-8-7-15-28-27(23)29-24/h2,5-6,11-12,16-17,22,25H,3-4,7-10,13-15,18-20H2,1H3,(H,28,29)/q+1. The second-order valence-corrected chi connectivity index (χ2v) is 9.52. The van der Waals surface area contributed by atoms with E-state index in [9.17, 15) is 9.59 Å². The van der Waals surface area contributed by atoms with Crippen molar-refractivity contribution >= 4 is 17.4 Å². The van der Waals surface area contributed by atoms with Crippen LogP contribution in [0.4, 0.5) is 5.82 Å². The predicted molar refractivity (Wildman–Crippen MR) is 129 cm³/mol. The van der Waals surface area contributed by atoms with Crippen LogP contribution in [0.2, 0.25) is 0 Å². The molecule has 6 nitrogen and oxygen atoms in total. The SMILES string of the molecule is CC(=O)C(C[n+]1ccccc1)N1CCC(C(=O)CCCCc2ccc3c(n2)NCCC3)CC1. The van der Waals surface area contributed by atoms with Gasteiger partial charge in [0, 0.05) is 36.7 Å². The third-order valence-corrected chi connectivity index (χ3v) is 7.11. The van der Waals surface area contributed by atoms with Gasteiger partial charge < -0.3 is 5.32 Å². The molecule has 0 spiro atoms. The molecule has 0 saturated carbocycles. The molecule has 1 N–H and O–H groups in total. The monoisotopic (exact) mass is 449 g/mol. The molecule has 2 aliphatic heterocycles. The Labute approximate surface area is 197 Å². The Hall–Kier alpha value is -2.60. The Morgan fingerprint density at radius 3 is 2.70 bits per heavy atom. The van der Waals surface area contributed by atoms with Crippen LogP contribution in [0.5, 0.6) is 0 Å². The van der Waals surface area contributed by atoms with Crippen LogP contribution in [-0.4, -0.2) is 47.1 Å². The molecule has 2 aliphatic rings. The topological polar surface area (TPSA) is 66.2 Å². The number of carbonyl (C=O) groups is 2. The third kappa shape index (κ3) is 6.47. The molecule has 0 aromatic carbocycles. The number of piperidine rings is 1. The molecule has 1 atom stereocenters. The van der Waals surface area contributed by atoms with Crippen molar-refractivity contribution in [2.24, 2.45) is 5.92 Å². The summed E-state index contributed by atoms with van der Waals surface area (Å²) in [5.74, 6) is 1.79. The summed E-state index contributed by atoms with van der Waals surface area (Å²) in [6.07, 6.45) is 11.5. The van der Waals surface area contributed by atoms with Gasteiger partial charge in [-0.05, 0) is 76.6 Å². The molecule has 33 heavy (non-hydrogen) atoms. The predicted octanol–water partition coefficient (Wildman–Crippen LogP) is 3.38. The maximum Gasteiger partial charge on any atom is 0.170 e. The normalized spacial score (nSPS) is 17.7. The van der Waals surface area contributed by atoms with E-state index >= 15 is 0 Å². The highest BCUT2D eigenvalue weighted by Crippen LogP contribution is 2.23. The van der Waals surface area contributed by atoms with Crippen molar-refractivity contribution in [1.82, 2.24) is 9.88 Å². The zero-order valence-corrected chi connectivity index (χ0v) is 19.8. The first-order valence-corrected chi connectivity index (χ1v) is 12.5. The number of pyridine rings is 2. The maximum absolute atomic E-state index is 12.8. The molecular weight excluding hydrogens is 412 g/mol. The minimum Gasteiger partial charge on any atom is -0.370 e. The van der Waals surface area contributed by atoms with E-state index in [-0.39, 0.29) is 17.7 Å². The van der Waals surface area contributed by atoms with E-state index in [1.54, 1.807) is 6.92 Å². The molecule has 0 amide bonds. The highest BCUT2D eigenvalue weighted by atomic mass is 16.1. The molecule has 4 rings (SSSR count). The number of aromatic nitrogens is 2. The number of unbranched alkanes of at least 4 members (excludes halogenated alkanes) is 1. The minimum absolute atomic E-state index is 0.118. The van der Waals surface area contributed by atoms with Gasteiger partial charge in [-0.2, -0.15) is 0 Å². The van der Waals surface area contributed by atoms with Gasteiger partial charge >= 0.3 is 0 Å². The van der Waals surface area contributed by atoms with Crippen LogP contribution in [0.1, 0.15) is 56.7 Å². The Bertz CT molecular complexity index is 938. The van der Waals surface area contributed by atoms with Crippen LogP contribution in [0.3, 0.4) is 0 Å². The molecule has 2 aromatic heterocycles. The van der Waals surface area contributed by atoms with Crippen LogP contribution in [0, 0.1) is 5.92 Å². The molecule has 0 bridgehead atoms. The summed E-state index contributed by atoms with van der Waals surface area (Å²) < 4.78 is 2.07. The van der Waals surface area contributed by atoms with Crippen molar-refractivity contribution in [3.63, 3.8) is 0 Å². The van der Waals surface area contributed by atoms with E-state index in [4.69, 9.17) is 4.98 Å². The Morgan fingerprint density at radius 2 is 1.94 bits per heavy atom. The summed E-state index contributed by atoms with van der Waals surface area (Å²) >= 11 is 0. The number of hydrogen-bond donors (Lipinski definition) is 1. The van der Waals surface area contributed by atoms with E-state index in [0.29, 0.717) is 18.7 Å². The Morgan fingerprint density at radius 1 is 1.15 bits per heavy atom. The number of likely N-dealkylation sites (tertiary alicyclic amines) is 1. The van der Waals surface area contributed by atoms with Gasteiger partial charge in [-0.15, -0.1) is 0 Å². The molecule has 4 heterocycles. The summed E-state index contributed by atoms with van der Waals surface area (Å²) in [6, 6.07) is 10.2. The number of aryl methyl sites for hydroxylation is 2. The lowest BCUT2D eigenvalue weighted by molar-refractivity contribution is -0.699. The summed E-state index contributed by atoms with van der Waals surface area (Å²) in [7, 11) is 0. The number of carbonyl (C=O) groups excluding carboxylic acids is 2. The van der Waals surface area contributed by atoms with Crippen molar-refractivity contribution in [3.05, 3.63) is 54.0 Å². The largest absolute Gasteiger partial charge is 0.370 e. The van der Waals surface area contributed by atoms with Crippen molar-refractivity contribution in [1.29, 1.82) is 0 Å². The Kier molecular flexibility index (Phi) is 8.21. The summed E-state index contributed by atoms with van der Waals surface area (Å²) in [5.41, 5.74) is 2.44. The number of nitrogens with one attached hydrogen (secondary N) is 1. The van der Waals surface area contributed by atoms with Crippen LogP contribution >= 0.6 is 0 Å². The van der Waals surface area contributed by atoms with E-state index in [0.717, 1.165) is 69.7 Å². The quantitative estimate of drug-likeness (QED) is 0.445. The summed E-state index contributed by atoms with van der Waals surface area (Å²) in [6.45, 7) is 5.00. The van der Waals surface area contributed by atoms with Crippen LogP contribution in [-0.2, 0) is 29.0 Å². The molecular formula is C27H37N4O2+. The second kappa shape index (κ2) is 11.5. The fourth-order valence-electron chi connectivity index (χ4n) is 5.11. The van der Waals surface area contributed by atoms with Gasteiger partial charge in [-0.25, -0.2) is 9.55 Å². The van der Waals surface area contributed by atoms with Gasteiger partial charge in [0.1, 0.15) is 17.6 Å². The smallest absolute Gasteiger partial charge is 0.170 e. The maximum atomic E-state index is 12.8. The van der Waals surface area contributed by atoms with Gasteiger partial charge in [-0.3, -0.25) is 14.5 Å². The lowest BCUT2D eigenvalue weighted by Crippen LogP contribution is -2.53.